The maximum Gasteiger partial charge on any atom is 0.353 e. The lowest BCUT2D eigenvalue weighted by Gasteiger charge is -2.33. The highest BCUT2D eigenvalue weighted by molar-refractivity contribution is 6.41. The zero-order valence-electron chi connectivity index (χ0n) is 7.76. The van der Waals surface area contributed by atoms with Gasteiger partial charge in [0, 0.05) is 0 Å². The molecule has 4 heteroatoms. The van der Waals surface area contributed by atoms with Crippen molar-refractivity contribution in [1.29, 1.82) is 0 Å². The fraction of sp³-hybridized carbons (Fsp3) is 0.667. The van der Waals surface area contributed by atoms with Gasteiger partial charge in [0.25, 0.3) is 0 Å². The largest absolute Gasteiger partial charge is 0.510 e. The van der Waals surface area contributed by atoms with E-state index in [-0.39, 0.29) is 17.4 Å². The molecule has 1 aliphatic rings. The molecule has 1 rings (SSSR count). The van der Waals surface area contributed by atoms with Gasteiger partial charge >= 0.3 is 5.97 Å². The maximum atomic E-state index is 11.0. The van der Waals surface area contributed by atoms with E-state index >= 15 is 0 Å². The predicted molar refractivity (Wildman–Crippen MR) is 49.5 cm³/mol. The average molecular weight is 205 g/mol. The summed E-state index contributed by atoms with van der Waals surface area (Å²) in [4.78, 5) is 11.0. The first-order valence-electron chi connectivity index (χ1n) is 4.33. The van der Waals surface area contributed by atoms with Crippen LogP contribution in [0.2, 0.25) is 0 Å². The number of esters is 1. The number of hydrogen-bond acceptors (Lipinski definition) is 3. The van der Waals surface area contributed by atoms with Gasteiger partial charge in [-0.05, 0) is 12.8 Å². The third kappa shape index (κ3) is 1.53. The Morgan fingerprint density at radius 2 is 2.08 bits per heavy atom. The molecule has 0 saturated carbocycles. The molecule has 1 heterocycles. The number of carbonyl (C=O) groups is 1. The Hall–Kier alpha value is -0.700. The molecule has 13 heavy (non-hydrogen) atoms. The van der Waals surface area contributed by atoms with E-state index in [1.807, 2.05) is 13.8 Å². The van der Waals surface area contributed by atoms with Crippen molar-refractivity contribution in [3.05, 3.63) is 10.8 Å². The molecule has 0 aromatic carbocycles. The van der Waals surface area contributed by atoms with Crippen LogP contribution in [-0.2, 0) is 9.53 Å². The standard InChI is InChI=1S/C9H13ClO3/c1-3-9(4-2)5-13-8(12)6(10)7(9)11/h11H,3-5H2,1-2H3. The summed E-state index contributed by atoms with van der Waals surface area (Å²) in [5, 5.41) is 9.53. The lowest BCUT2D eigenvalue weighted by Crippen LogP contribution is -2.35. The van der Waals surface area contributed by atoms with Crippen molar-refractivity contribution in [3.63, 3.8) is 0 Å². The number of aliphatic hydroxyl groups excluding tert-OH is 1. The zero-order valence-corrected chi connectivity index (χ0v) is 8.52. The molecule has 1 aliphatic heterocycles. The number of aliphatic hydroxyl groups is 1. The first-order chi connectivity index (χ1) is 6.07. The van der Waals surface area contributed by atoms with E-state index in [1.165, 1.54) is 0 Å². The summed E-state index contributed by atoms with van der Waals surface area (Å²) in [6, 6.07) is 0. The summed E-state index contributed by atoms with van der Waals surface area (Å²) in [7, 11) is 0. The van der Waals surface area contributed by atoms with Gasteiger partial charge in [-0.15, -0.1) is 0 Å². The highest BCUT2D eigenvalue weighted by Crippen LogP contribution is 2.39. The third-order valence-corrected chi connectivity index (χ3v) is 3.06. The van der Waals surface area contributed by atoms with Crippen LogP contribution in [0.25, 0.3) is 0 Å². The van der Waals surface area contributed by atoms with Crippen LogP contribution in [0.15, 0.2) is 10.8 Å². The van der Waals surface area contributed by atoms with Gasteiger partial charge in [0.15, 0.2) is 5.03 Å². The Bertz CT molecular complexity index is 254. The molecule has 0 aromatic heterocycles. The highest BCUT2D eigenvalue weighted by Gasteiger charge is 2.40. The fourth-order valence-corrected chi connectivity index (χ4v) is 1.71. The summed E-state index contributed by atoms with van der Waals surface area (Å²) in [5.74, 6) is -0.646. The average Bonchev–Trinajstić information content (AvgIpc) is 2.16. The Morgan fingerprint density at radius 3 is 2.54 bits per heavy atom. The van der Waals surface area contributed by atoms with Gasteiger partial charge in [-0.1, -0.05) is 25.4 Å². The second kappa shape index (κ2) is 3.58. The van der Waals surface area contributed by atoms with Crippen LogP contribution >= 0.6 is 11.6 Å². The van der Waals surface area contributed by atoms with Crippen molar-refractivity contribution in [2.45, 2.75) is 26.7 Å². The van der Waals surface area contributed by atoms with Crippen molar-refractivity contribution in [3.8, 4) is 0 Å². The third-order valence-electron chi connectivity index (χ3n) is 2.72. The van der Waals surface area contributed by atoms with E-state index in [0.29, 0.717) is 12.8 Å². The van der Waals surface area contributed by atoms with Gasteiger partial charge in [0.2, 0.25) is 0 Å². The van der Waals surface area contributed by atoms with Crippen LogP contribution in [-0.4, -0.2) is 17.7 Å². The lowest BCUT2D eigenvalue weighted by atomic mass is 9.80. The van der Waals surface area contributed by atoms with E-state index < -0.39 is 11.4 Å². The minimum absolute atomic E-state index is 0.0181. The van der Waals surface area contributed by atoms with Crippen molar-refractivity contribution in [2.75, 3.05) is 6.61 Å². The van der Waals surface area contributed by atoms with Crippen LogP contribution in [0.1, 0.15) is 26.7 Å². The van der Waals surface area contributed by atoms with Crippen LogP contribution in [0, 0.1) is 5.41 Å². The Labute approximate surface area is 82.3 Å². The lowest BCUT2D eigenvalue weighted by molar-refractivity contribution is -0.145. The van der Waals surface area contributed by atoms with Crippen molar-refractivity contribution < 1.29 is 14.6 Å². The van der Waals surface area contributed by atoms with E-state index in [1.54, 1.807) is 0 Å². The van der Waals surface area contributed by atoms with Gasteiger partial charge < -0.3 is 9.84 Å². The Morgan fingerprint density at radius 1 is 1.54 bits per heavy atom. The summed E-state index contributed by atoms with van der Waals surface area (Å²) in [6.45, 7) is 4.09. The van der Waals surface area contributed by atoms with Crippen LogP contribution < -0.4 is 0 Å². The van der Waals surface area contributed by atoms with Crippen LogP contribution in [0.5, 0.6) is 0 Å². The second-order valence-electron chi connectivity index (χ2n) is 3.23. The summed E-state index contributed by atoms with van der Waals surface area (Å²) >= 11 is 5.61. The molecule has 0 amide bonds. The van der Waals surface area contributed by atoms with E-state index in [2.05, 4.69) is 0 Å². The van der Waals surface area contributed by atoms with E-state index in [9.17, 15) is 9.90 Å². The van der Waals surface area contributed by atoms with Crippen molar-refractivity contribution >= 4 is 17.6 Å². The number of hydrogen-bond donors (Lipinski definition) is 1. The number of ether oxygens (including phenoxy) is 1. The number of cyclic esters (lactones) is 1. The summed E-state index contributed by atoms with van der Waals surface area (Å²) in [6.07, 6.45) is 1.41. The molecule has 0 aliphatic carbocycles. The molecule has 3 nitrogen and oxygen atoms in total. The smallest absolute Gasteiger partial charge is 0.353 e. The molecule has 0 spiro atoms. The zero-order chi connectivity index (χ0) is 10.1. The van der Waals surface area contributed by atoms with Crippen LogP contribution in [0.4, 0.5) is 0 Å². The van der Waals surface area contributed by atoms with Crippen molar-refractivity contribution in [1.82, 2.24) is 0 Å². The summed E-state index contributed by atoms with van der Waals surface area (Å²) in [5.41, 5.74) is -0.467. The molecule has 0 fully saturated rings. The quantitative estimate of drug-likeness (QED) is 0.703. The first-order valence-corrected chi connectivity index (χ1v) is 4.71. The second-order valence-corrected chi connectivity index (χ2v) is 3.60. The molecule has 74 valence electrons. The molecule has 0 radical (unpaired) electrons. The molecule has 0 saturated heterocycles. The monoisotopic (exact) mass is 204 g/mol. The van der Waals surface area contributed by atoms with Gasteiger partial charge in [-0.25, -0.2) is 4.79 Å². The number of carbonyl (C=O) groups excluding carboxylic acids is 1. The van der Waals surface area contributed by atoms with Gasteiger partial charge in [0.1, 0.15) is 12.4 Å². The van der Waals surface area contributed by atoms with Gasteiger partial charge in [0.05, 0.1) is 5.41 Å². The minimum atomic E-state index is -0.628. The van der Waals surface area contributed by atoms with Crippen LogP contribution in [0.3, 0.4) is 0 Å². The molecular formula is C9H13ClO3. The molecule has 0 atom stereocenters. The molecular weight excluding hydrogens is 192 g/mol. The molecule has 0 unspecified atom stereocenters. The number of halogens is 1. The Balaban J connectivity index is 3.09. The molecule has 1 N–H and O–H groups in total. The van der Waals surface area contributed by atoms with Crippen molar-refractivity contribution in [2.24, 2.45) is 5.41 Å². The minimum Gasteiger partial charge on any atom is -0.510 e. The fourth-order valence-electron chi connectivity index (χ4n) is 1.45. The number of rotatable bonds is 2. The Kier molecular flexibility index (Phi) is 2.86. The van der Waals surface area contributed by atoms with E-state index in [4.69, 9.17) is 16.3 Å². The predicted octanol–water partition coefficient (Wildman–Crippen LogP) is 2.36. The SMILES string of the molecule is CCC1(CC)COC(=O)C(Cl)=C1O. The normalized spacial score (nSPS) is 21.6. The topological polar surface area (TPSA) is 46.5 Å². The van der Waals surface area contributed by atoms with Gasteiger partial charge in [-0.2, -0.15) is 0 Å². The molecule has 0 aromatic rings. The highest BCUT2D eigenvalue weighted by atomic mass is 35.5. The van der Waals surface area contributed by atoms with Gasteiger partial charge in [-0.3, -0.25) is 0 Å². The maximum absolute atomic E-state index is 11.0. The van der Waals surface area contributed by atoms with E-state index in [0.717, 1.165) is 0 Å². The first kappa shape index (κ1) is 10.4. The molecule has 0 bridgehead atoms. The summed E-state index contributed by atoms with van der Waals surface area (Å²) < 4.78 is 4.87.